The minimum Gasteiger partial charge on any atom is -0.353 e. The summed E-state index contributed by atoms with van der Waals surface area (Å²) in [4.78, 5) is 25.4. The van der Waals surface area contributed by atoms with Crippen molar-refractivity contribution in [1.82, 2.24) is 19.8 Å². The maximum Gasteiger partial charge on any atom is 0.225 e. The van der Waals surface area contributed by atoms with Gasteiger partial charge in [0.15, 0.2) is 0 Å². The molecule has 6 heteroatoms. The first kappa shape index (κ1) is 16.2. The van der Waals surface area contributed by atoms with Gasteiger partial charge in [-0.1, -0.05) is 12.8 Å². The van der Waals surface area contributed by atoms with E-state index in [0.717, 1.165) is 57.8 Å². The fourth-order valence-electron chi connectivity index (χ4n) is 3.48. The van der Waals surface area contributed by atoms with Crippen molar-refractivity contribution in [3.8, 4) is 0 Å². The van der Waals surface area contributed by atoms with Crippen LogP contribution in [0.15, 0.2) is 12.3 Å². The van der Waals surface area contributed by atoms with Crippen molar-refractivity contribution in [2.45, 2.75) is 32.6 Å². The van der Waals surface area contributed by atoms with Crippen LogP contribution in [0.1, 0.15) is 31.4 Å². The van der Waals surface area contributed by atoms with E-state index in [1.54, 1.807) is 6.20 Å². The van der Waals surface area contributed by atoms with Crippen LogP contribution < -0.4 is 5.32 Å². The van der Waals surface area contributed by atoms with Crippen molar-refractivity contribution < 1.29 is 4.79 Å². The molecule has 1 saturated heterocycles. The summed E-state index contributed by atoms with van der Waals surface area (Å²) in [6.07, 6.45) is 6.42. The second-order valence-electron chi connectivity index (χ2n) is 6.60. The normalized spacial score (nSPS) is 20.0. The van der Waals surface area contributed by atoms with Gasteiger partial charge in [-0.15, -0.1) is 0 Å². The average Bonchev–Trinajstić information content (AvgIpc) is 3.09. The van der Waals surface area contributed by atoms with Crippen molar-refractivity contribution in [1.29, 1.82) is 0 Å². The molecular weight excluding hydrogens is 290 g/mol. The van der Waals surface area contributed by atoms with Gasteiger partial charge >= 0.3 is 0 Å². The van der Waals surface area contributed by atoms with E-state index in [-0.39, 0.29) is 0 Å². The van der Waals surface area contributed by atoms with Crippen molar-refractivity contribution in [3.63, 3.8) is 0 Å². The highest BCUT2D eigenvalue weighted by atomic mass is 16.2. The lowest BCUT2D eigenvalue weighted by molar-refractivity contribution is -0.137. The molecular formula is C17H27N5O. The summed E-state index contributed by atoms with van der Waals surface area (Å²) in [7, 11) is 0. The number of hydrogen-bond donors (Lipinski definition) is 1. The molecule has 2 aliphatic rings. The number of aromatic nitrogens is 2. The van der Waals surface area contributed by atoms with Gasteiger partial charge in [0.05, 0.1) is 0 Å². The van der Waals surface area contributed by atoms with Gasteiger partial charge in [0.2, 0.25) is 11.9 Å². The lowest BCUT2D eigenvalue weighted by atomic mass is 10.1. The Balaban J connectivity index is 1.36. The molecule has 0 atom stereocenters. The standard InChI is InChI=1S/C17H27N5O/c1-14-6-7-18-17(20-14)19-8-9-21-10-12-22(13-11-21)16(23)15-4-2-3-5-15/h6-7,15H,2-5,8-13H2,1H3,(H,18,19,20). The topological polar surface area (TPSA) is 61.4 Å². The van der Waals surface area contributed by atoms with Gasteiger partial charge in [0.1, 0.15) is 0 Å². The average molecular weight is 317 g/mol. The zero-order valence-electron chi connectivity index (χ0n) is 14.0. The Morgan fingerprint density at radius 2 is 2.00 bits per heavy atom. The first-order valence-corrected chi connectivity index (χ1v) is 8.77. The van der Waals surface area contributed by atoms with Gasteiger partial charge in [0, 0.05) is 57.1 Å². The number of rotatable bonds is 5. The Morgan fingerprint density at radius 3 is 2.70 bits per heavy atom. The number of nitrogens with one attached hydrogen (secondary N) is 1. The molecule has 23 heavy (non-hydrogen) atoms. The molecule has 1 amide bonds. The summed E-state index contributed by atoms with van der Waals surface area (Å²) < 4.78 is 0. The fourth-order valence-corrected chi connectivity index (χ4v) is 3.48. The molecule has 126 valence electrons. The van der Waals surface area contributed by atoms with Crippen molar-refractivity contribution in [2.75, 3.05) is 44.6 Å². The summed E-state index contributed by atoms with van der Waals surface area (Å²) in [6.45, 7) is 7.44. The van der Waals surface area contributed by atoms with E-state index in [9.17, 15) is 4.79 Å². The molecule has 2 fully saturated rings. The van der Waals surface area contributed by atoms with E-state index in [2.05, 4.69) is 25.1 Å². The van der Waals surface area contributed by atoms with Gasteiger partial charge in [-0.05, 0) is 25.8 Å². The Labute approximate surface area is 138 Å². The highest BCUT2D eigenvalue weighted by molar-refractivity contribution is 5.79. The minimum atomic E-state index is 0.307. The van der Waals surface area contributed by atoms with Crippen LogP contribution in [0.4, 0.5) is 5.95 Å². The molecule has 0 unspecified atom stereocenters. The number of hydrogen-bond acceptors (Lipinski definition) is 5. The van der Waals surface area contributed by atoms with Crippen LogP contribution in [0.3, 0.4) is 0 Å². The van der Waals surface area contributed by atoms with E-state index in [1.165, 1.54) is 12.8 Å². The third kappa shape index (κ3) is 4.41. The molecule has 1 aliphatic carbocycles. The minimum absolute atomic E-state index is 0.307. The van der Waals surface area contributed by atoms with Gasteiger partial charge in [-0.3, -0.25) is 9.69 Å². The quantitative estimate of drug-likeness (QED) is 0.892. The molecule has 0 aromatic carbocycles. The van der Waals surface area contributed by atoms with Crippen molar-refractivity contribution >= 4 is 11.9 Å². The Morgan fingerprint density at radius 1 is 1.26 bits per heavy atom. The van der Waals surface area contributed by atoms with E-state index in [1.807, 2.05) is 13.0 Å². The molecule has 0 spiro atoms. The third-order valence-electron chi connectivity index (χ3n) is 4.89. The molecule has 1 saturated carbocycles. The van der Waals surface area contributed by atoms with E-state index >= 15 is 0 Å². The molecule has 1 aliphatic heterocycles. The molecule has 0 radical (unpaired) electrons. The van der Waals surface area contributed by atoms with E-state index in [4.69, 9.17) is 0 Å². The maximum atomic E-state index is 12.4. The highest BCUT2D eigenvalue weighted by Gasteiger charge is 2.29. The summed E-state index contributed by atoms with van der Waals surface area (Å²) in [5, 5.41) is 3.27. The molecule has 1 aromatic heterocycles. The first-order chi connectivity index (χ1) is 11.2. The van der Waals surface area contributed by atoms with Crippen LogP contribution in [-0.4, -0.2) is 64.9 Å². The Kier molecular flexibility index (Phi) is 5.43. The molecule has 6 nitrogen and oxygen atoms in total. The van der Waals surface area contributed by atoms with E-state index in [0.29, 0.717) is 17.8 Å². The smallest absolute Gasteiger partial charge is 0.225 e. The van der Waals surface area contributed by atoms with Crippen LogP contribution in [0.5, 0.6) is 0 Å². The lowest BCUT2D eigenvalue weighted by Gasteiger charge is -2.36. The molecule has 2 heterocycles. The first-order valence-electron chi connectivity index (χ1n) is 8.77. The summed E-state index contributed by atoms with van der Waals surface area (Å²) in [5.41, 5.74) is 0.974. The number of nitrogens with zero attached hydrogens (tertiary/aromatic N) is 4. The fraction of sp³-hybridized carbons (Fsp3) is 0.706. The maximum absolute atomic E-state index is 12.4. The number of aryl methyl sites for hydroxylation is 1. The SMILES string of the molecule is Cc1ccnc(NCCN2CCN(C(=O)C3CCCC3)CC2)n1. The zero-order chi connectivity index (χ0) is 16.1. The summed E-state index contributed by atoms with van der Waals surface area (Å²) >= 11 is 0. The second kappa shape index (κ2) is 7.73. The second-order valence-corrected chi connectivity index (χ2v) is 6.60. The van der Waals surface area contributed by atoms with Gasteiger partial charge in [-0.25, -0.2) is 9.97 Å². The lowest BCUT2D eigenvalue weighted by Crippen LogP contribution is -2.50. The van der Waals surface area contributed by atoms with Crippen LogP contribution >= 0.6 is 0 Å². The molecule has 0 bridgehead atoms. The van der Waals surface area contributed by atoms with Gasteiger partial charge in [0.25, 0.3) is 0 Å². The molecule has 3 rings (SSSR count). The van der Waals surface area contributed by atoms with Crippen LogP contribution in [-0.2, 0) is 4.79 Å². The highest BCUT2D eigenvalue weighted by Crippen LogP contribution is 2.26. The monoisotopic (exact) mass is 317 g/mol. The summed E-state index contributed by atoms with van der Waals surface area (Å²) in [5.74, 6) is 1.40. The Bertz CT molecular complexity index is 521. The number of piperazine rings is 1. The molecule has 1 N–H and O–H groups in total. The number of anilines is 1. The predicted molar refractivity (Wildman–Crippen MR) is 90.2 cm³/mol. The van der Waals surface area contributed by atoms with E-state index < -0.39 is 0 Å². The number of carbonyl (C=O) groups is 1. The van der Waals surface area contributed by atoms with Crippen LogP contribution in [0, 0.1) is 12.8 Å². The van der Waals surface area contributed by atoms with Gasteiger partial charge in [-0.2, -0.15) is 0 Å². The Hall–Kier alpha value is -1.69. The largest absolute Gasteiger partial charge is 0.353 e. The zero-order valence-corrected chi connectivity index (χ0v) is 14.0. The predicted octanol–water partition coefficient (Wildman–Crippen LogP) is 1.53. The third-order valence-corrected chi connectivity index (χ3v) is 4.89. The molecule has 1 aromatic rings. The number of amides is 1. The van der Waals surface area contributed by atoms with Crippen molar-refractivity contribution in [3.05, 3.63) is 18.0 Å². The number of carbonyl (C=O) groups excluding carboxylic acids is 1. The summed E-state index contributed by atoms with van der Waals surface area (Å²) in [6, 6.07) is 1.89. The van der Waals surface area contributed by atoms with Crippen LogP contribution in [0.2, 0.25) is 0 Å². The van der Waals surface area contributed by atoms with Gasteiger partial charge < -0.3 is 10.2 Å². The van der Waals surface area contributed by atoms with Crippen molar-refractivity contribution in [2.24, 2.45) is 5.92 Å². The van der Waals surface area contributed by atoms with Crippen LogP contribution in [0.25, 0.3) is 0 Å².